The normalized spacial score (nSPS) is 12.1. The zero-order valence-corrected chi connectivity index (χ0v) is 17.7. The van der Waals surface area contributed by atoms with E-state index in [1.165, 1.54) is 0 Å². The van der Waals surface area contributed by atoms with Gasteiger partial charge in [0.15, 0.2) is 0 Å². The molecule has 0 saturated carbocycles. The summed E-state index contributed by atoms with van der Waals surface area (Å²) < 4.78 is 72.4. The van der Waals surface area contributed by atoms with E-state index in [0.717, 1.165) is 29.8 Å². The summed E-state index contributed by atoms with van der Waals surface area (Å²) in [7, 11) is -3.99. The highest BCUT2D eigenvalue weighted by Gasteiger charge is 2.31. The molecule has 11 heteroatoms. The number of benzene rings is 2. The highest BCUT2D eigenvalue weighted by Crippen LogP contribution is 2.23. The molecule has 2 rings (SSSR count). The summed E-state index contributed by atoms with van der Waals surface area (Å²) in [5.74, 6) is -0.939. The maximum Gasteiger partial charge on any atom is 0.573 e. The lowest BCUT2D eigenvalue weighted by Gasteiger charge is -2.11. The molecule has 1 amide bonds. The molecule has 0 aliphatic rings. The standard InChI is InChI=1S/C20H23F3N2O5S/c1-14(2)29-13-15-4-3-5-16(12-15)25-19(26)10-11-24-31(27,28)18-8-6-17(7-9-18)30-20(21,22)23/h3-9,12,14,24H,10-11,13H2,1-2H3,(H,25,26). The lowest BCUT2D eigenvalue weighted by atomic mass is 10.2. The van der Waals surface area contributed by atoms with Gasteiger partial charge in [0.25, 0.3) is 0 Å². The molecule has 0 fully saturated rings. The van der Waals surface area contributed by atoms with Gasteiger partial charge < -0.3 is 14.8 Å². The zero-order valence-electron chi connectivity index (χ0n) is 16.9. The fourth-order valence-electron chi connectivity index (χ4n) is 2.43. The molecule has 0 atom stereocenters. The number of anilines is 1. The number of carbonyl (C=O) groups is 1. The lowest BCUT2D eigenvalue weighted by molar-refractivity contribution is -0.274. The third-order valence-electron chi connectivity index (χ3n) is 3.81. The average molecular weight is 460 g/mol. The number of rotatable bonds is 10. The van der Waals surface area contributed by atoms with Crippen LogP contribution < -0.4 is 14.8 Å². The molecule has 0 bridgehead atoms. The van der Waals surface area contributed by atoms with E-state index < -0.39 is 28.0 Å². The third kappa shape index (κ3) is 8.95. The molecule has 7 nitrogen and oxygen atoms in total. The zero-order chi connectivity index (χ0) is 23.1. The fraction of sp³-hybridized carbons (Fsp3) is 0.350. The molecule has 0 spiro atoms. The number of alkyl halides is 3. The van der Waals surface area contributed by atoms with Crippen LogP contribution in [0.4, 0.5) is 18.9 Å². The van der Waals surface area contributed by atoms with E-state index in [4.69, 9.17) is 4.74 Å². The molecular weight excluding hydrogens is 437 g/mol. The van der Waals surface area contributed by atoms with Gasteiger partial charge in [0.1, 0.15) is 5.75 Å². The lowest BCUT2D eigenvalue weighted by Crippen LogP contribution is -2.27. The molecule has 0 aromatic heterocycles. The van der Waals surface area contributed by atoms with Crippen LogP contribution in [0.25, 0.3) is 0 Å². The summed E-state index contributed by atoms with van der Waals surface area (Å²) in [6, 6.07) is 10.8. The van der Waals surface area contributed by atoms with Gasteiger partial charge in [0, 0.05) is 18.7 Å². The van der Waals surface area contributed by atoms with Crippen LogP contribution in [0, 0.1) is 0 Å². The Balaban J connectivity index is 1.85. The SMILES string of the molecule is CC(C)OCc1cccc(NC(=O)CCNS(=O)(=O)c2ccc(OC(F)(F)F)cc2)c1. The van der Waals surface area contributed by atoms with E-state index in [-0.39, 0.29) is 24.0 Å². The summed E-state index contributed by atoms with van der Waals surface area (Å²) in [5, 5.41) is 2.67. The Bertz CT molecular complexity index is 977. The van der Waals surface area contributed by atoms with Crippen LogP contribution in [0.2, 0.25) is 0 Å². The van der Waals surface area contributed by atoms with Gasteiger partial charge in [-0.15, -0.1) is 13.2 Å². The Labute approximate surface area is 178 Å². The Morgan fingerprint density at radius 1 is 1.10 bits per heavy atom. The number of hydrogen-bond donors (Lipinski definition) is 2. The maximum atomic E-state index is 12.2. The number of ether oxygens (including phenoxy) is 2. The van der Waals surface area contributed by atoms with Crippen molar-refractivity contribution < 1.29 is 35.9 Å². The van der Waals surface area contributed by atoms with Crippen molar-refractivity contribution in [2.45, 2.75) is 44.2 Å². The minimum Gasteiger partial charge on any atom is -0.406 e. The number of carbonyl (C=O) groups excluding carboxylic acids is 1. The Hall–Kier alpha value is -2.63. The van der Waals surface area contributed by atoms with Gasteiger partial charge >= 0.3 is 6.36 Å². The molecule has 0 aliphatic heterocycles. The first-order valence-electron chi connectivity index (χ1n) is 9.30. The fourth-order valence-corrected chi connectivity index (χ4v) is 3.46. The van der Waals surface area contributed by atoms with Crippen LogP contribution in [-0.4, -0.2) is 33.3 Å². The van der Waals surface area contributed by atoms with E-state index in [2.05, 4.69) is 14.8 Å². The summed E-state index contributed by atoms with van der Waals surface area (Å²) >= 11 is 0. The second-order valence-electron chi connectivity index (χ2n) is 6.78. The molecule has 2 aromatic carbocycles. The predicted octanol–water partition coefficient (Wildman–Crippen LogP) is 3.82. The summed E-state index contributed by atoms with van der Waals surface area (Å²) in [6.45, 7) is 4.04. The molecule has 2 N–H and O–H groups in total. The predicted molar refractivity (Wildman–Crippen MR) is 108 cm³/mol. The van der Waals surface area contributed by atoms with Crippen molar-refractivity contribution in [3.05, 3.63) is 54.1 Å². The largest absolute Gasteiger partial charge is 0.573 e. The van der Waals surface area contributed by atoms with E-state index in [1.54, 1.807) is 18.2 Å². The summed E-state index contributed by atoms with van der Waals surface area (Å²) in [5.41, 5.74) is 1.43. The van der Waals surface area contributed by atoms with Gasteiger partial charge in [-0.3, -0.25) is 4.79 Å². The highest BCUT2D eigenvalue weighted by molar-refractivity contribution is 7.89. The van der Waals surface area contributed by atoms with Crippen molar-refractivity contribution in [2.75, 3.05) is 11.9 Å². The van der Waals surface area contributed by atoms with Crippen molar-refractivity contribution in [3.63, 3.8) is 0 Å². The molecular formula is C20H23F3N2O5S. The molecule has 170 valence electrons. The van der Waals surface area contributed by atoms with Crippen LogP contribution in [0.3, 0.4) is 0 Å². The van der Waals surface area contributed by atoms with Crippen LogP contribution in [0.15, 0.2) is 53.4 Å². The number of nitrogens with one attached hydrogen (secondary N) is 2. The average Bonchev–Trinajstić information content (AvgIpc) is 2.65. The first-order chi connectivity index (χ1) is 14.4. The Morgan fingerprint density at radius 2 is 1.77 bits per heavy atom. The highest BCUT2D eigenvalue weighted by atomic mass is 32.2. The molecule has 0 saturated heterocycles. The minimum absolute atomic E-state index is 0.0691. The van der Waals surface area contributed by atoms with Gasteiger partial charge in [-0.25, -0.2) is 13.1 Å². The second-order valence-corrected chi connectivity index (χ2v) is 8.54. The monoisotopic (exact) mass is 460 g/mol. The van der Waals surface area contributed by atoms with Crippen LogP contribution in [-0.2, 0) is 26.2 Å². The maximum absolute atomic E-state index is 12.2. The summed E-state index contributed by atoms with van der Waals surface area (Å²) in [4.78, 5) is 11.8. The van der Waals surface area contributed by atoms with E-state index in [0.29, 0.717) is 12.3 Å². The minimum atomic E-state index is -4.87. The molecule has 0 radical (unpaired) electrons. The van der Waals surface area contributed by atoms with Gasteiger partial charge in [0.05, 0.1) is 17.6 Å². The van der Waals surface area contributed by atoms with Crippen molar-refractivity contribution in [2.24, 2.45) is 0 Å². The molecule has 2 aromatic rings. The quantitative estimate of drug-likeness (QED) is 0.562. The van der Waals surface area contributed by atoms with Gasteiger partial charge in [-0.05, 0) is 55.8 Å². The first-order valence-corrected chi connectivity index (χ1v) is 10.8. The molecule has 31 heavy (non-hydrogen) atoms. The second kappa shape index (κ2) is 10.6. The van der Waals surface area contributed by atoms with Gasteiger partial charge in [-0.2, -0.15) is 0 Å². The van der Waals surface area contributed by atoms with Gasteiger partial charge in [0.2, 0.25) is 15.9 Å². The Morgan fingerprint density at radius 3 is 2.39 bits per heavy atom. The van der Waals surface area contributed by atoms with Crippen LogP contribution in [0.5, 0.6) is 5.75 Å². The van der Waals surface area contributed by atoms with E-state index in [1.807, 2.05) is 19.9 Å². The number of halogens is 3. The van der Waals surface area contributed by atoms with Crippen molar-refractivity contribution in [1.29, 1.82) is 0 Å². The Kier molecular flexibility index (Phi) is 8.43. The smallest absolute Gasteiger partial charge is 0.406 e. The van der Waals surface area contributed by atoms with Crippen molar-refractivity contribution >= 4 is 21.6 Å². The molecule has 0 heterocycles. The van der Waals surface area contributed by atoms with Crippen molar-refractivity contribution in [3.8, 4) is 5.75 Å². The van der Waals surface area contributed by atoms with E-state index in [9.17, 15) is 26.4 Å². The topological polar surface area (TPSA) is 93.7 Å². The van der Waals surface area contributed by atoms with Gasteiger partial charge in [-0.1, -0.05) is 12.1 Å². The first kappa shape index (κ1) is 24.6. The number of hydrogen-bond acceptors (Lipinski definition) is 5. The number of sulfonamides is 1. The van der Waals surface area contributed by atoms with Crippen molar-refractivity contribution in [1.82, 2.24) is 4.72 Å². The van der Waals surface area contributed by atoms with Crippen LogP contribution >= 0.6 is 0 Å². The number of amides is 1. The molecule has 0 aliphatic carbocycles. The third-order valence-corrected chi connectivity index (χ3v) is 5.28. The molecule has 0 unspecified atom stereocenters. The summed E-state index contributed by atoms with van der Waals surface area (Å²) in [6.07, 6.45) is -4.94. The van der Waals surface area contributed by atoms with E-state index >= 15 is 0 Å². The van der Waals surface area contributed by atoms with Crippen LogP contribution in [0.1, 0.15) is 25.8 Å².